The van der Waals surface area contributed by atoms with Crippen molar-refractivity contribution in [1.29, 1.82) is 0 Å². The third-order valence-electron chi connectivity index (χ3n) is 2.29. The maximum absolute atomic E-state index is 9.64. The Morgan fingerprint density at radius 3 is 1.55 bits per heavy atom. The predicted octanol–water partition coefficient (Wildman–Crippen LogP) is -6.42. The van der Waals surface area contributed by atoms with Crippen molar-refractivity contribution in [3.63, 3.8) is 0 Å². The second-order valence-electron chi connectivity index (χ2n) is 4.14. The summed E-state index contributed by atoms with van der Waals surface area (Å²) in [5.41, 5.74) is 0. The van der Waals surface area contributed by atoms with Crippen molar-refractivity contribution in [2.45, 2.75) is 37.3 Å². The maximum Gasteiger partial charge on any atom is 1.00 e. The topological polar surface area (TPSA) is 188 Å². The summed E-state index contributed by atoms with van der Waals surface area (Å²) in [7, 11) is 1.57. The molecule has 0 saturated carbocycles. The largest absolute Gasteiger partial charge is 1.00 e. The van der Waals surface area contributed by atoms with Crippen LogP contribution in [0.15, 0.2) is 0 Å². The normalized spacial score (nSPS) is 15.4. The Morgan fingerprint density at radius 1 is 0.909 bits per heavy atom. The van der Waals surface area contributed by atoms with Gasteiger partial charge in [0.1, 0.15) is 18.3 Å². The number of aliphatic hydroxyl groups is 5. The number of likely N-dealkylation sites (N-methyl/N-ethyl adjacent to an activating group) is 1. The minimum atomic E-state index is -1.55. The van der Waals surface area contributed by atoms with Gasteiger partial charge in [0.05, 0.1) is 25.6 Å². The molecule has 22 heavy (non-hydrogen) atoms. The van der Waals surface area contributed by atoms with Crippen LogP contribution in [-0.2, 0) is 9.59 Å². The average Bonchev–Trinajstić information content (AvgIpc) is 2.43. The van der Waals surface area contributed by atoms with E-state index in [2.05, 4.69) is 5.32 Å². The molecule has 0 radical (unpaired) electrons. The molecule has 0 rings (SSSR count). The van der Waals surface area contributed by atoms with Crippen molar-refractivity contribution in [2.75, 3.05) is 20.2 Å². The molecule has 0 heterocycles. The van der Waals surface area contributed by atoms with Crippen LogP contribution in [0.5, 0.6) is 0 Å². The molecule has 0 aromatic heterocycles. The van der Waals surface area contributed by atoms with Crippen LogP contribution >= 0.6 is 0 Å². The Bertz CT molecular complexity index is 291. The van der Waals surface area contributed by atoms with Gasteiger partial charge in [-0.2, -0.15) is 0 Å². The third-order valence-corrected chi connectivity index (χ3v) is 2.29. The van der Waals surface area contributed by atoms with Gasteiger partial charge in [-0.25, -0.2) is 0 Å². The van der Waals surface area contributed by atoms with Crippen molar-refractivity contribution >= 4 is 11.9 Å². The fourth-order valence-corrected chi connectivity index (χ4v) is 1.11. The molecular weight excluding hydrogens is 313 g/mol. The van der Waals surface area contributed by atoms with Gasteiger partial charge in [0.15, 0.2) is 0 Å². The number of aliphatic hydroxyl groups excluding tert-OH is 5. The van der Waals surface area contributed by atoms with Gasteiger partial charge in [-0.05, 0) is 7.05 Å². The Labute approximate surface area is 149 Å². The monoisotopic (exact) mass is 336 g/mol. The molecule has 11 heteroatoms. The van der Waals surface area contributed by atoms with Crippen LogP contribution in [0, 0.1) is 0 Å². The van der Waals surface area contributed by atoms with E-state index in [1.165, 1.54) is 0 Å². The zero-order valence-corrected chi connectivity index (χ0v) is 14.6. The first-order valence-corrected chi connectivity index (χ1v) is 6.08. The van der Waals surface area contributed by atoms with Gasteiger partial charge in [-0.1, -0.05) is 0 Å². The molecule has 0 aromatic rings. The molecule has 0 fully saturated rings. The van der Waals surface area contributed by atoms with E-state index >= 15 is 0 Å². The summed E-state index contributed by atoms with van der Waals surface area (Å²) in [4.78, 5) is 19.3. The number of carboxylic acids is 2. The number of nitrogens with one attached hydrogen (secondary N) is 1. The molecule has 0 spiro atoms. The summed E-state index contributed by atoms with van der Waals surface area (Å²) in [5, 5.41) is 63.3. The van der Waals surface area contributed by atoms with E-state index in [0.717, 1.165) is 0 Å². The smallest absolute Gasteiger partial charge is 0.481 e. The molecule has 0 aliphatic heterocycles. The van der Waals surface area contributed by atoms with Gasteiger partial charge in [-0.15, -0.1) is 0 Å². The molecule has 10 nitrogen and oxygen atoms in total. The zero-order valence-electron chi connectivity index (χ0n) is 12.6. The maximum atomic E-state index is 9.64. The van der Waals surface area contributed by atoms with Crippen molar-refractivity contribution < 1.29 is 74.9 Å². The third kappa shape index (κ3) is 14.6. The second kappa shape index (κ2) is 15.6. The van der Waals surface area contributed by atoms with Crippen molar-refractivity contribution in [2.24, 2.45) is 0 Å². The van der Waals surface area contributed by atoms with Crippen molar-refractivity contribution in [1.82, 2.24) is 5.32 Å². The van der Waals surface area contributed by atoms with Crippen LogP contribution in [-0.4, -0.2) is 92.3 Å². The Balaban J connectivity index is -0.000000348. The second-order valence-corrected chi connectivity index (χ2v) is 4.14. The van der Waals surface area contributed by atoms with Crippen LogP contribution in [0.2, 0.25) is 0 Å². The van der Waals surface area contributed by atoms with Gasteiger partial charge in [0.2, 0.25) is 0 Å². The molecule has 0 unspecified atom stereocenters. The van der Waals surface area contributed by atoms with E-state index in [0.29, 0.717) is 0 Å². The van der Waals surface area contributed by atoms with Crippen LogP contribution in [0.4, 0.5) is 0 Å². The van der Waals surface area contributed by atoms with Gasteiger partial charge in [-0.3, -0.25) is 9.59 Å². The van der Waals surface area contributed by atoms with E-state index in [1.807, 2.05) is 0 Å². The van der Waals surface area contributed by atoms with E-state index in [4.69, 9.17) is 30.6 Å². The summed E-state index contributed by atoms with van der Waals surface area (Å²) in [6.45, 7) is -0.569. The molecule has 0 aliphatic carbocycles. The number of carbonyl (C=O) groups is 2. The van der Waals surface area contributed by atoms with E-state index in [1.54, 1.807) is 7.05 Å². The molecule has 4 atom stereocenters. The first kappa shape index (κ1) is 26.6. The molecule has 0 bridgehead atoms. The number of carboxylic acid groups (broad SMARTS) is 2. The number of hydrogen-bond acceptors (Lipinski definition) is 8. The predicted molar refractivity (Wildman–Crippen MR) is 69.5 cm³/mol. The Kier molecular flexibility index (Phi) is 18.8. The summed E-state index contributed by atoms with van der Waals surface area (Å²) in [6.07, 6.45) is -6.24. The fraction of sp³-hybridized carbons (Fsp3) is 0.818. The van der Waals surface area contributed by atoms with Crippen molar-refractivity contribution in [3.8, 4) is 0 Å². The minimum Gasteiger partial charge on any atom is -0.481 e. The summed E-state index contributed by atoms with van der Waals surface area (Å²) in [5.74, 6) is -2.15. The Hall–Kier alpha value is -0.300. The quantitative estimate of drug-likeness (QED) is 0.188. The average molecular weight is 336 g/mol. The molecule has 0 amide bonds. The minimum absolute atomic E-state index is 0. The molecule has 0 aliphatic rings. The first-order chi connectivity index (χ1) is 9.67. The van der Waals surface area contributed by atoms with Crippen LogP contribution in [0.1, 0.15) is 12.8 Å². The van der Waals surface area contributed by atoms with Gasteiger partial charge < -0.3 is 41.1 Å². The first-order valence-electron chi connectivity index (χ1n) is 6.08. The van der Waals surface area contributed by atoms with Crippen LogP contribution in [0.3, 0.4) is 0 Å². The number of rotatable bonds is 9. The fourth-order valence-electron chi connectivity index (χ4n) is 1.11. The number of aliphatic carboxylic acids is 2. The molecular formula is C11H23NNaO9+. The molecule has 0 saturated heterocycles. The number of hydrogen-bond donors (Lipinski definition) is 8. The summed E-state index contributed by atoms with van der Waals surface area (Å²) >= 11 is 0. The van der Waals surface area contributed by atoms with E-state index < -0.39 is 43.0 Å². The molecule has 0 aromatic carbocycles. The van der Waals surface area contributed by atoms with E-state index in [-0.39, 0.29) is 48.9 Å². The summed E-state index contributed by atoms with van der Waals surface area (Å²) < 4.78 is 0. The van der Waals surface area contributed by atoms with E-state index in [9.17, 15) is 14.7 Å². The van der Waals surface area contributed by atoms with Crippen LogP contribution in [0.25, 0.3) is 0 Å². The zero-order chi connectivity index (χ0) is 17.0. The SMILES string of the molecule is CNC[C@H](O)[C@@H](O)[C@H](O)[C@H](O)CO.O=C(O)CCC(=O)O.[Na+]. The van der Waals surface area contributed by atoms with Gasteiger partial charge >= 0.3 is 41.5 Å². The van der Waals surface area contributed by atoms with Crippen LogP contribution < -0.4 is 34.9 Å². The Morgan fingerprint density at radius 2 is 1.27 bits per heavy atom. The molecule has 126 valence electrons. The molecule has 8 N–H and O–H groups in total. The standard InChI is InChI=1S/C7H17NO5.C4H6O4.Na/c1-8-2-4(10)6(12)7(13)5(11)3-9;5-3(6)1-2-4(7)8;/h4-13H,2-3H2,1H3;1-2H2,(H,5,6)(H,7,8);/q;;+1/t4-,5+,6+,7+;;/m0../s1. The van der Waals surface area contributed by atoms with Gasteiger partial charge in [0.25, 0.3) is 0 Å². The summed E-state index contributed by atoms with van der Waals surface area (Å²) in [6, 6.07) is 0. The van der Waals surface area contributed by atoms with Gasteiger partial charge in [0, 0.05) is 6.54 Å². The van der Waals surface area contributed by atoms with Crippen molar-refractivity contribution in [3.05, 3.63) is 0 Å².